The van der Waals surface area contributed by atoms with Crippen molar-refractivity contribution in [3.63, 3.8) is 0 Å². The van der Waals surface area contributed by atoms with Crippen molar-refractivity contribution >= 4 is 21.9 Å². The Kier molecular flexibility index (Phi) is 4.70. The van der Waals surface area contributed by atoms with Crippen LogP contribution in [0.5, 0.6) is 0 Å². The van der Waals surface area contributed by atoms with Gasteiger partial charge in [-0.2, -0.15) is 10.4 Å². The average Bonchev–Trinajstić information content (AvgIpc) is 3.58. The van der Waals surface area contributed by atoms with Crippen molar-refractivity contribution in [2.24, 2.45) is 13.0 Å². The summed E-state index contributed by atoms with van der Waals surface area (Å²) < 4.78 is 4.13. The maximum atomic E-state index is 9.27. The number of hydrogen-bond acceptors (Lipinski definition) is 4. The minimum Gasteiger partial charge on any atom is -0.332 e. The molecule has 3 aromatic heterocycles. The lowest BCUT2D eigenvalue weighted by atomic mass is 9.93. The van der Waals surface area contributed by atoms with Crippen LogP contribution in [-0.4, -0.2) is 32.4 Å². The van der Waals surface area contributed by atoms with Gasteiger partial charge in [-0.3, -0.25) is 4.68 Å². The van der Waals surface area contributed by atoms with E-state index in [1.165, 1.54) is 6.42 Å². The molecule has 0 bridgehead atoms. The molecule has 6 rings (SSSR count). The number of nitriles is 1. The van der Waals surface area contributed by atoms with Crippen molar-refractivity contribution in [3.05, 3.63) is 72.7 Å². The predicted molar refractivity (Wildman–Crippen MR) is 131 cm³/mol. The highest BCUT2D eigenvalue weighted by Crippen LogP contribution is 2.38. The summed E-state index contributed by atoms with van der Waals surface area (Å²) in [6, 6.07) is 18.6. The second-order valence-electron chi connectivity index (χ2n) is 8.88. The molecule has 0 amide bonds. The summed E-state index contributed by atoms with van der Waals surface area (Å²) in [6.45, 7) is 3.12. The molecule has 0 spiro atoms. The molecule has 162 valence electrons. The Labute approximate surface area is 192 Å². The van der Waals surface area contributed by atoms with Crippen molar-refractivity contribution in [1.82, 2.24) is 24.6 Å². The SMILES string of the molecule is Cn1cc2cc(-c3cnc4c(ccn4CC4CCNC4)c3-c3ccc(C#N)cc3)ccc2n1. The van der Waals surface area contributed by atoms with Crippen LogP contribution >= 0.6 is 0 Å². The maximum Gasteiger partial charge on any atom is 0.140 e. The fraction of sp³-hybridized carbons (Fsp3) is 0.222. The normalized spacial score (nSPS) is 15.9. The van der Waals surface area contributed by atoms with E-state index >= 15 is 0 Å². The molecular weight excluding hydrogens is 408 g/mol. The fourth-order valence-electron chi connectivity index (χ4n) is 4.99. The third-order valence-corrected chi connectivity index (χ3v) is 6.64. The third kappa shape index (κ3) is 3.47. The number of rotatable bonds is 4. The molecule has 0 aliphatic carbocycles. The largest absolute Gasteiger partial charge is 0.332 e. The summed E-state index contributed by atoms with van der Waals surface area (Å²) in [6.07, 6.45) is 7.40. The van der Waals surface area contributed by atoms with Crippen LogP contribution in [0.4, 0.5) is 0 Å². The maximum absolute atomic E-state index is 9.27. The molecule has 4 heterocycles. The van der Waals surface area contributed by atoms with E-state index in [4.69, 9.17) is 4.98 Å². The van der Waals surface area contributed by atoms with E-state index < -0.39 is 0 Å². The lowest BCUT2D eigenvalue weighted by Gasteiger charge is -2.14. The number of aryl methyl sites for hydroxylation is 1. The fourth-order valence-corrected chi connectivity index (χ4v) is 4.99. The van der Waals surface area contributed by atoms with E-state index in [0.29, 0.717) is 11.5 Å². The minimum atomic E-state index is 0.633. The molecule has 1 aliphatic rings. The predicted octanol–water partition coefficient (Wildman–Crippen LogP) is 4.74. The molecule has 6 nitrogen and oxygen atoms in total. The highest BCUT2D eigenvalue weighted by Gasteiger charge is 2.19. The Balaban J connectivity index is 1.54. The van der Waals surface area contributed by atoms with Gasteiger partial charge in [0, 0.05) is 54.1 Å². The standard InChI is InChI=1S/C27H24N6/c1-32-17-22-12-21(6-7-25(22)31-32)24-15-30-27-23(9-11-33(27)16-19-8-10-29-14-19)26(24)20-4-2-18(13-28)3-5-20/h2-7,9,11-12,15,17,19,29H,8,10,14,16H2,1H3. The second-order valence-corrected chi connectivity index (χ2v) is 8.88. The summed E-state index contributed by atoms with van der Waals surface area (Å²) in [5.74, 6) is 0.633. The summed E-state index contributed by atoms with van der Waals surface area (Å²) in [4.78, 5) is 4.93. The van der Waals surface area contributed by atoms with Gasteiger partial charge in [0.1, 0.15) is 5.65 Å². The number of benzene rings is 2. The first-order valence-electron chi connectivity index (χ1n) is 11.3. The van der Waals surface area contributed by atoms with Crippen LogP contribution in [0.15, 0.2) is 67.1 Å². The quantitative estimate of drug-likeness (QED) is 0.445. The van der Waals surface area contributed by atoms with Gasteiger partial charge in [0.25, 0.3) is 0 Å². The van der Waals surface area contributed by atoms with Gasteiger partial charge in [0.05, 0.1) is 17.1 Å². The van der Waals surface area contributed by atoms with Crippen LogP contribution in [0, 0.1) is 17.2 Å². The summed E-state index contributed by atoms with van der Waals surface area (Å²) in [5.41, 5.74) is 7.07. The molecule has 33 heavy (non-hydrogen) atoms. The van der Waals surface area contributed by atoms with E-state index in [-0.39, 0.29) is 0 Å². The van der Waals surface area contributed by atoms with E-state index in [0.717, 1.165) is 63.8 Å². The molecule has 1 N–H and O–H groups in total. The van der Waals surface area contributed by atoms with Crippen molar-refractivity contribution in [2.75, 3.05) is 13.1 Å². The van der Waals surface area contributed by atoms with Crippen molar-refractivity contribution in [1.29, 1.82) is 5.26 Å². The molecular formula is C27H24N6. The third-order valence-electron chi connectivity index (χ3n) is 6.64. The molecule has 0 saturated carbocycles. The zero-order valence-corrected chi connectivity index (χ0v) is 18.5. The van der Waals surface area contributed by atoms with Gasteiger partial charge in [-0.15, -0.1) is 0 Å². The Bertz CT molecular complexity index is 1510. The van der Waals surface area contributed by atoms with Gasteiger partial charge in [0.15, 0.2) is 0 Å². The molecule has 5 aromatic rings. The van der Waals surface area contributed by atoms with E-state index in [1.807, 2.05) is 48.4 Å². The first-order chi connectivity index (χ1) is 16.2. The molecule has 1 unspecified atom stereocenters. The Morgan fingerprint density at radius 3 is 2.76 bits per heavy atom. The van der Waals surface area contributed by atoms with Crippen molar-refractivity contribution in [2.45, 2.75) is 13.0 Å². The van der Waals surface area contributed by atoms with Crippen LogP contribution in [0.3, 0.4) is 0 Å². The summed E-state index contributed by atoms with van der Waals surface area (Å²) >= 11 is 0. The number of hydrogen-bond donors (Lipinski definition) is 1. The van der Waals surface area contributed by atoms with Crippen LogP contribution in [0.1, 0.15) is 12.0 Å². The van der Waals surface area contributed by atoms with Gasteiger partial charge in [-0.1, -0.05) is 18.2 Å². The first-order valence-corrected chi connectivity index (χ1v) is 11.3. The van der Waals surface area contributed by atoms with E-state index in [9.17, 15) is 5.26 Å². The van der Waals surface area contributed by atoms with Gasteiger partial charge in [-0.05, 0) is 66.9 Å². The Morgan fingerprint density at radius 2 is 1.97 bits per heavy atom. The highest BCUT2D eigenvalue weighted by atomic mass is 15.2. The minimum absolute atomic E-state index is 0.633. The van der Waals surface area contributed by atoms with Crippen molar-refractivity contribution < 1.29 is 0 Å². The topological polar surface area (TPSA) is 71.5 Å². The van der Waals surface area contributed by atoms with Gasteiger partial charge < -0.3 is 9.88 Å². The van der Waals surface area contributed by atoms with Crippen LogP contribution in [-0.2, 0) is 13.6 Å². The first kappa shape index (κ1) is 19.7. The Morgan fingerprint density at radius 1 is 1.12 bits per heavy atom. The molecule has 1 aliphatic heterocycles. The molecule has 2 aromatic carbocycles. The molecule has 0 radical (unpaired) electrons. The van der Waals surface area contributed by atoms with Crippen LogP contribution in [0.2, 0.25) is 0 Å². The molecule has 1 saturated heterocycles. The summed E-state index contributed by atoms with van der Waals surface area (Å²) in [5, 5.41) is 19.5. The Hall–Kier alpha value is -3.95. The number of nitrogens with one attached hydrogen (secondary N) is 1. The highest BCUT2D eigenvalue weighted by molar-refractivity contribution is 6.02. The number of aromatic nitrogens is 4. The van der Waals surface area contributed by atoms with Gasteiger partial charge in [-0.25, -0.2) is 4.98 Å². The molecule has 6 heteroatoms. The van der Waals surface area contributed by atoms with Gasteiger partial charge >= 0.3 is 0 Å². The van der Waals surface area contributed by atoms with E-state index in [1.54, 1.807) is 0 Å². The second kappa shape index (κ2) is 7.88. The summed E-state index contributed by atoms with van der Waals surface area (Å²) in [7, 11) is 1.94. The van der Waals surface area contributed by atoms with Crippen LogP contribution < -0.4 is 5.32 Å². The number of nitrogens with zero attached hydrogens (tertiary/aromatic N) is 5. The van der Waals surface area contributed by atoms with E-state index in [2.05, 4.69) is 51.5 Å². The zero-order chi connectivity index (χ0) is 22.4. The smallest absolute Gasteiger partial charge is 0.140 e. The average molecular weight is 433 g/mol. The zero-order valence-electron chi connectivity index (χ0n) is 18.5. The molecule has 1 atom stereocenters. The number of fused-ring (bicyclic) bond motifs is 2. The van der Waals surface area contributed by atoms with Gasteiger partial charge in [0.2, 0.25) is 0 Å². The molecule has 1 fully saturated rings. The monoisotopic (exact) mass is 432 g/mol. The lowest BCUT2D eigenvalue weighted by Crippen LogP contribution is -2.14. The lowest BCUT2D eigenvalue weighted by molar-refractivity contribution is 0.489. The van der Waals surface area contributed by atoms with Crippen molar-refractivity contribution in [3.8, 4) is 28.3 Å². The number of pyridine rings is 1. The van der Waals surface area contributed by atoms with Crippen LogP contribution in [0.25, 0.3) is 44.2 Å².